The second-order valence-corrected chi connectivity index (χ2v) is 5.75. The first-order chi connectivity index (χ1) is 9.02. The van der Waals surface area contributed by atoms with Gasteiger partial charge in [0.25, 0.3) is 5.69 Å². The first-order valence-electron chi connectivity index (χ1n) is 6.63. The molecule has 1 fully saturated rings. The van der Waals surface area contributed by atoms with E-state index in [1.807, 2.05) is 6.07 Å². The van der Waals surface area contributed by atoms with Gasteiger partial charge in [0.15, 0.2) is 0 Å². The Morgan fingerprint density at radius 2 is 2.16 bits per heavy atom. The van der Waals surface area contributed by atoms with Crippen molar-refractivity contribution in [3.05, 3.63) is 33.9 Å². The van der Waals surface area contributed by atoms with Gasteiger partial charge in [0, 0.05) is 36.3 Å². The Labute approximate surface area is 118 Å². The van der Waals surface area contributed by atoms with Crippen LogP contribution < -0.4 is 4.90 Å². The molecule has 1 aromatic carbocycles. The highest BCUT2D eigenvalue weighted by Gasteiger charge is 2.31. The average Bonchev–Trinajstić information content (AvgIpc) is 3.19. The first-order valence-corrected chi connectivity index (χ1v) is 7.16. The van der Waals surface area contributed by atoms with E-state index in [0.717, 1.165) is 17.8 Å². The number of benzene rings is 1. The zero-order valence-electron chi connectivity index (χ0n) is 11.3. The number of anilines is 1. The zero-order valence-corrected chi connectivity index (χ0v) is 12.1. The largest absolute Gasteiger partial charge is 0.368 e. The lowest BCUT2D eigenvalue weighted by molar-refractivity contribution is -0.384. The Morgan fingerprint density at radius 1 is 1.47 bits per heavy atom. The minimum Gasteiger partial charge on any atom is -0.368 e. The molecule has 1 aliphatic carbocycles. The highest BCUT2D eigenvalue weighted by atomic mass is 35.5. The number of nitro benzene ring substituents is 1. The number of hydrogen-bond acceptors (Lipinski definition) is 3. The molecule has 5 heteroatoms. The van der Waals surface area contributed by atoms with Crippen LogP contribution in [-0.2, 0) is 5.88 Å². The summed E-state index contributed by atoms with van der Waals surface area (Å²) in [6.07, 6.45) is 2.40. The molecule has 0 radical (unpaired) electrons. The summed E-state index contributed by atoms with van der Waals surface area (Å²) in [6, 6.07) is 5.58. The first kappa shape index (κ1) is 14.1. The van der Waals surface area contributed by atoms with E-state index in [-0.39, 0.29) is 10.6 Å². The molecule has 0 amide bonds. The van der Waals surface area contributed by atoms with Gasteiger partial charge in [-0.25, -0.2) is 0 Å². The molecule has 1 saturated carbocycles. The fraction of sp³-hybridized carbons (Fsp3) is 0.571. The monoisotopic (exact) mass is 282 g/mol. The van der Waals surface area contributed by atoms with Gasteiger partial charge in [0.1, 0.15) is 0 Å². The van der Waals surface area contributed by atoms with Gasteiger partial charge in [0.2, 0.25) is 0 Å². The van der Waals surface area contributed by atoms with Gasteiger partial charge in [-0.1, -0.05) is 13.8 Å². The van der Waals surface area contributed by atoms with Crippen molar-refractivity contribution in [3.8, 4) is 0 Å². The molecule has 1 aromatic rings. The third-order valence-electron chi connectivity index (χ3n) is 3.28. The third-order valence-corrected chi connectivity index (χ3v) is 3.56. The van der Waals surface area contributed by atoms with Gasteiger partial charge in [-0.2, -0.15) is 0 Å². The van der Waals surface area contributed by atoms with Crippen LogP contribution in [0.5, 0.6) is 0 Å². The molecule has 2 rings (SSSR count). The number of alkyl halides is 1. The van der Waals surface area contributed by atoms with Gasteiger partial charge >= 0.3 is 0 Å². The molecule has 104 valence electrons. The lowest BCUT2D eigenvalue weighted by Crippen LogP contribution is -2.30. The van der Waals surface area contributed by atoms with Crippen LogP contribution in [0.1, 0.15) is 32.3 Å². The van der Waals surface area contributed by atoms with Gasteiger partial charge < -0.3 is 4.90 Å². The molecule has 19 heavy (non-hydrogen) atoms. The van der Waals surface area contributed by atoms with Crippen molar-refractivity contribution in [1.29, 1.82) is 0 Å². The smallest absolute Gasteiger partial charge is 0.269 e. The predicted octanol–water partition coefficient (Wildman–Crippen LogP) is 3.96. The van der Waals surface area contributed by atoms with Gasteiger partial charge in [-0.05, 0) is 30.4 Å². The fourth-order valence-corrected chi connectivity index (χ4v) is 2.51. The van der Waals surface area contributed by atoms with Gasteiger partial charge in [-0.15, -0.1) is 11.6 Å². The Morgan fingerprint density at radius 3 is 2.63 bits per heavy atom. The SMILES string of the molecule is CC(C)CN(c1ccc([N+](=O)[O-])cc1CCl)C1CC1. The van der Waals surface area contributed by atoms with Crippen LogP contribution in [0.25, 0.3) is 0 Å². The Kier molecular flexibility index (Phi) is 4.30. The average molecular weight is 283 g/mol. The minimum absolute atomic E-state index is 0.111. The standard InChI is InChI=1S/C14H19ClN2O2/c1-10(2)9-16(12-3-4-12)14-6-5-13(17(18)19)7-11(14)8-15/h5-7,10,12H,3-4,8-9H2,1-2H3. The van der Waals surface area contributed by atoms with Gasteiger partial charge in [0.05, 0.1) is 4.92 Å². The van der Waals surface area contributed by atoms with E-state index in [1.54, 1.807) is 12.1 Å². The Bertz CT molecular complexity index is 473. The zero-order chi connectivity index (χ0) is 14.0. The van der Waals surface area contributed by atoms with Crippen molar-refractivity contribution in [3.63, 3.8) is 0 Å². The predicted molar refractivity (Wildman–Crippen MR) is 77.9 cm³/mol. The lowest BCUT2D eigenvalue weighted by Gasteiger charge is -2.28. The maximum absolute atomic E-state index is 10.8. The van der Waals surface area contributed by atoms with E-state index in [0.29, 0.717) is 17.8 Å². The van der Waals surface area contributed by atoms with Crippen LogP contribution >= 0.6 is 11.6 Å². The maximum atomic E-state index is 10.8. The topological polar surface area (TPSA) is 46.4 Å². The highest BCUT2D eigenvalue weighted by molar-refractivity contribution is 6.17. The van der Waals surface area contributed by atoms with Crippen LogP contribution in [0.3, 0.4) is 0 Å². The van der Waals surface area contributed by atoms with Crippen LogP contribution in [0.15, 0.2) is 18.2 Å². The highest BCUT2D eigenvalue weighted by Crippen LogP contribution is 2.36. The van der Waals surface area contributed by atoms with Crippen molar-refractivity contribution in [1.82, 2.24) is 0 Å². The maximum Gasteiger partial charge on any atom is 0.269 e. The van der Waals surface area contributed by atoms with Crippen LogP contribution in [-0.4, -0.2) is 17.5 Å². The van der Waals surface area contributed by atoms with Crippen molar-refractivity contribution >= 4 is 23.0 Å². The number of halogens is 1. The number of non-ortho nitro benzene ring substituents is 1. The van der Waals surface area contributed by atoms with Crippen molar-refractivity contribution in [2.24, 2.45) is 5.92 Å². The number of nitrogens with zero attached hydrogens (tertiary/aromatic N) is 2. The summed E-state index contributed by atoms with van der Waals surface area (Å²) >= 11 is 5.97. The Hall–Kier alpha value is -1.29. The summed E-state index contributed by atoms with van der Waals surface area (Å²) in [5, 5.41) is 10.8. The molecule has 1 aliphatic rings. The van der Waals surface area contributed by atoms with Crippen LogP contribution in [0, 0.1) is 16.0 Å². The van der Waals surface area contributed by atoms with Crippen LogP contribution in [0.2, 0.25) is 0 Å². The second kappa shape index (κ2) is 5.78. The van der Waals surface area contributed by atoms with E-state index < -0.39 is 0 Å². The fourth-order valence-electron chi connectivity index (χ4n) is 2.30. The summed E-state index contributed by atoms with van der Waals surface area (Å²) in [4.78, 5) is 12.8. The molecule has 0 aromatic heterocycles. The molecule has 4 nitrogen and oxygen atoms in total. The molecular weight excluding hydrogens is 264 g/mol. The molecule has 0 bridgehead atoms. The van der Waals surface area contributed by atoms with E-state index >= 15 is 0 Å². The van der Waals surface area contributed by atoms with E-state index in [1.165, 1.54) is 12.8 Å². The van der Waals surface area contributed by atoms with Crippen molar-refractivity contribution in [2.45, 2.75) is 38.6 Å². The normalized spacial score (nSPS) is 14.7. The molecule has 0 N–H and O–H groups in total. The van der Waals surface area contributed by atoms with Crippen molar-refractivity contribution < 1.29 is 4.92 Å². The van der Waals surface area contributed by atoms with E-state index in [2.05, 4.69) is 18.7 Å². The molecular formula is C14H19ClN2O2. The molecule has 0 saturated heterocycles. The quantitative estimate of drug-likeness (QED) is 0.451. The lowest BCUT2D eigenvalue weighted by atomic mass is 10.1. The molecule has 0 aliphatic heterocycles. The Balaban J connectivity index is 2.33. The number of rotatable bonds is 6. The number of nitro groups is 1. The summed E-state index contributed by atoms with van der Waals surface area (Å²) < 4.78 is 0. The van der Waals surface area contributed by atoms with E-state index in [9.17, 15) is 10.1 Å². The molecule has 0 spiro atoms. The molecule has 0 atom stereocenters. The number of hydrogen-bond donors (Lipinski definition) is 0. The second-order valence-electron chi connectivity index (χ2n) is 5.48. The molecule has 0 unspecified atom stereocenters. The third kappa shape index (κ3) is 3.38. The van der Waals surface area contributed by atoms with Crippen molar-refractivity contribution in [2.75, 3.05) is 11.4 Å². The summed E-state index contributed by atoms with van der Waals surface area (Å²) in [5.41, 5.74) is 2.01. The molecule has 0 heterocycles. The van der Waals surface area contributed by atoms with Crippen LogP contribution in [0.4, 0.5) is 11.4 Å². The minimum atomic E-state index is -0.371. The van der Waals surface area contributed by atoms with Gasteiger partial charge in [-0.3, -0.25) is 10.1 Å². The summed E-state index contributed by atoms with van der Waals surface area (Å²) in [6.45, 7) is 5.33. The summed E-state index contributed by atoms with van der Waals surface area (Å²) in [5.74, 6) is 0.858. The van der Waals surface area contributed by atoms with E-state index in [4.69, 9.17) is 11.6 Å². The summed E-state index contributed by atoms with van der Waals surface area (Å²) in [7, 11) is 0.